The fourth-order valence-corrected chi connectivity index (χ4v) is 21.3. The van der Waals surface area contributed by atoms with Crippen LogP contribution in [0.25, 0.3) is 0 Å². The van der Waals surface area contributed by atoms with Crippen LogP contribution in [-0.4, -0.2) is 227 Å². The number of nitrogens with zero attached hydrogens (tertiary/aromatic N) is 5. The van der Waals surface area contributed by atoms with Gasteiger partial charge >= 0.3 is 91.8 Å². The van der Waals surface area contributed by atoms with Crippen molar-refractivity contribution in [3.8, 4) is 0 Å². The molecule has 7 aliphatic heterocycles. The molecule has 818 valence electrons. The first-order chi connectivity index (χ1) is 64.9. The van der Waals surface area contributed by atoms with Crippen LogP contribution < -0.4 is 108 Å². The molecule has 7 saturated heterocycles. The molecule has 0 aliphatic carbocycles. The summed E-state index contributed by atoms with van der Waals surface area (Å²) in [6.07, 6.45) is 9.48. The van der Waals surface area contributed by atoms with E-state index < -0.39 is 185 Å². The maximum absolute atomic E-state index is 12.2. The molecule has 0 aromatic carbocycles. The van der Waals surface area contributed by atoms with Gasteiger partial charge in [0.15, 0.2) is 37.2 Å². The fourth-order valence-electron chi connectivity index (χ4n) is 18.1. The Morgan fingerprint density at radius 2 is 0.643 bits per heavy atom. The molecule has 0 radical (unpaired) electrons. The summed E-state index contributed by atoms with van der Waals surface area (Å²) in [4.78, 5) is 160. The standard InChI is InChI=1S/2C15H24N2O6S.C14H22N2O4.C13H20N2O5.C13H18N2O3S.C13H22O5.C2H4OS.2CH3ClO2S.3CH4.K.H2/c2*1-6-15(7-2)10(4)11(23-24(5,20)21)13(22-15)17-8-9(3)12(18)16-14(17)19;1-5-14(6-2)9(4)10(17)12(20-14)16-7-8(3)11(18)15-13(16)19;1-4-13(6-16)8(3)9(17)11(20-13)15-5-7(2)10(18)14-12(15)19;1-4-13-6-19-9(8(13)3)11(18-13)15-5-7(2)10(16)14-12(15)17;1-6-13(7-2)8(3)11(16-9(4)14)12(18-13)17-10(5)15;1-2(3)4;2*1-5(2,3)4;;;;;/h2*8,10-11,13H,6-7H2,1-5H3,(H,16,18,19);7,9-10,12,17H,5-6H2,1-4H3,(H,15,18,19);5,8-9,11,16-17H,4,6H2,1-3H3,(H,14,18,19);5,8-9,11H,4,6H2,1-3H3,(H,14,16,17);8,11-12H,6-7H2,1-5H3;1H3,(H,3,4);2*1H3;3*1H4;;1H/q;;;;;;;;;;;;+1;/p-1/t10-,11+,13+;10-,11-,13+;9-,10-,12+;2*8-,9+,11+,13-;8-,11+,12?;;;;;;;;/m000000......../s1/i;;;;;;;;;;;;;1+1D. The van der Waals surface area contributed by atoms with Gasteiger partial charge in [0.2, 0.25) is 24.4 Å². The van der Waals surface area contributed by atoms with Crippen molar-refractivity contribution in [2.75, 3.05) is 37.4 Å². The number of aryl methyl sites for hydroxylation is 5. The maximum atomic E-state index is 12.2. The van der Waals surface area contributed by atoms with Gasteiger partial charge in [0.25, 0.3) is 48.0 Å². The first-order valence-corrected chi connectivity index (χ1v) is 55.7. The molecular weight excluding hydrogens is 2070 g/mol. The van der Waals surface area contributed by atoms with E-state index in [1.165, 1.54) is 63.8 Å². The van der Waals surface area contributed by atoms with Crippen LogP contribution in [0.4, 0.5) is 0 Å². The molecule has 5 aromatic heterocycles. The van der Waals surface area contributed by atoms with Crippen LogP contribution in [0, 0.1) is 70.1 Å². The molecule has 7 fully saturated rings. The predicted octanol–water partition coefficient (Wildman–Crippen LogP) is 5.18. The zero-order valence-electron chi connectivity index (χ0n) is 86.7. The zero-order chi connectivity index (χ0) is 109. The van der Waals surface area contributed by atoms with Gasteiger partial charge in [-0.3, -0.25) is 89.7 Å². The Morgan fingerprint density at radius 1 is 0.413 bits per heavy atom. The second-order valence-corrected chi connectivity index (χ2v) is 46.6. The van der Waals surface area contributed by atoms with Crippen molar-refractivity contribution in [1.29, 1.82) is 0 Å². The molecule has 44 nitrogen and oxygen atoms in total. The summed E-state index contributed by atoms with van der Waals surface area (Å²) < 4.78 is 158. The molecule has 1 unspecified atom stereocenters. The molecule has 2 bridgehead atoms. The Bertz CT molecular complexity index is 5920. The minimum Gasteiger partial charge on any atom is -0.742 e. The summed E-state index contributed by atoms with van der Waals surface area (Å²) in [5.74, 6) is -0.362. The summed E-state index contributed by atoms with van der Waals surface area (Å²) in [7, 11) is -4.88. The Labute approximate surface area is 900 Å². The van der Waals surface area contributed by atoms with Gasteiger partial charge in [0.1, 0.15) is 24.4 Å². The van der Waals surface area contributed by atoms with Crippen LogP contribution in [0.5, 0.6) is 0 Å². The average Bonchev–Trinajstić information content (AvgIpc) is 1.58. The van der Waals surface area contributed by atoms with Gasteiger partial charge < -0.3 is 70.6 Å². The summed E-state index contributed by atoms with van der Waals surface area (Å²) in [5, 5.41) is 30.3. The monoisotopic (exact) mass is 2220 g/mol. The molecule has 7 aliphatic rings. The van der Waals surface area contributed by atoms with E-state index in [-0.39, 0.29) is 143 Å². The molecule has 53 heteroatoms. The number of ether oxygens (including phenoxy) is 8. The summed E-state index contributed by atoms with van der Waals surface area (Å²) >= 11 is 5.85. The van der Waals surface area contributed by atoms with E-state index in [1.807, 2.05) is 102 Å². The number of aromatic nitrogens is 10. The van der Waals surface area contributed by atoms with Gasteiger partial charge in [0.05, 0.1) is 70.5 Å². The molecule has 143 heavy (non-hydrogen) atoms. The number of hydrogen-bond donors (Lipinski definition) is 8. The van der Waals surface area contributed by atoms with E-state index in [2.05, 4.69) is 72.8 Å². The van der Waals surface area contributed by atoms with Crippen LogP contribution in [0.3, 0.4) is 0 Å². The third-order valence-corrected chi connectivity index (χ3v) is 29.7. The summed E-state index contributed by atoms with van der Waals surface area (Å²) in [5.41, 5.74) is -6.16. The number of aromatic amines is 5. The number of thioether (sulfide) groups is 1. The number of aliphatic hydroxyl groups is 3. The van der Waals surface area contributed by atoms with Crippen LogP contribution in [-0.2, 0) is 112 Å². The topological polar surface area (TPSA) is 615 Å². The SMILES string of the molecule is C.C.C.CC(=O)[S-].CCC1(CC)OC(OC(C)=O)[C@H](OC(C)=O)[C@@H]1C.CCC1(CC)O[C@@H](n2cc(C)c(=O)[nH]c2=O)[C@@H](O)[C@@H]1C.CCC1(CC)O[C@@H](n2cc(C)c(=O)[nH]c2=O)[C@@H](OS(C)(=O)=O)[C@@H]1C.CCC1(CC)O[C@@H](n2cc(C)c(=O)[nH]c2=O)[C@H](OS(C)(=O)=O)[C@@H]1C.CC[C@@]1(CO)O[C@@H](n2cc(C)c(=O)[nH]c2=O)[C@H](O)[C@@H]1C.CC[C@@]12CS[C@@H]([C@H](n3cc(C)c(=O)[nH]c3=O)O1)[C@@H]2C.CS(=O)(=O)Cl.CS(=O)(=O)Cl.[2H][2H].[K+]. The van der Waals surface area contributed by atoms with Crippen molar-refractivity contribution in [2.45, 2.75) is 359 Å². The fraction of sp³-hybridized carbons (Fsp3) is 0.744. The van der Waals surface area contributed by atoms with Crippen LogP contribution >= 0.6 is 33.1 Å². The summed E-state index contributed by atoms with van der Waals surface area (Å²) in [6, 6.07) is 0. The van der Waals surface area contributed by atoms with Gasteiger partial charge in [-0.05, 0) is 106 Å². The van der Waals surface area contributed by atoms with Gasteiger partial charge in [-0.1, -0.05) is 133 Å². The van der Waals surface area contributed by atoms with Crippen LogP contribution in [0.2, 0.25) is 0 Å². The van der Waals surface area contributed by atoms with Crippen LogP contribution in [0.1, 0.15) is 280 Å². The third kappa shape index (κ3) is 34.9. The molecule has 8 N–H and O–H groups in total. The first kappa shape index (κ1) is 135. The maximum Gasteiger partial charge on any atom is 1.00 e. The molecule has 12 rings (SSSR count). The Balaban J connectivity index is 0. The number of H-pyrrole nitrogens is 5. The van der Waals surface area contributed by atoms with E-state index in [4.69, 9.17) is 49.2 Å². The van der Waals surface area contributed by atoms with Gasteiger partial charge in [-0.15, -0.1) is 0 Å². The number of hydrogen-bond acceptors (Lipinski definition) is 36. The van der Waals surface area contributed by atoms with Crippen molar-refractivity contribution in [3.05, 3.63) is 163 Å². The molecule has 20 atom stereocenters. The van der Waals surface area contributed by atoms with Crippen molar-refractivity contribution in [2.24, 2.45) is 35.5 Å². The Kier molecular flexibility index (Phi) is 53.2. The van der Waals surface area contributed by atoms with E-state index >= 15 is 0 Å². The van der Waals surface area contributed by atoms with Crippen molar-refractivity contribution in [3.63, 3.8) is 0 Å². The third-order valence-electron chi connectivity index (χ3n) is 26.8. The smallest absolute Gasteiger partial charge is 0.742 e. The number of aliphatic hydroxyl groups excluding tert-OH is 3. The summed E-state index contributed by atoms with van der Waals surface area (Å²) in [6.45, 7) is 43.1. The minimum atomic E-state index is -3.75. The van der Waals surface area contributed by atoms with Gasteiger partial charge in [-0.25, -0.2) is 40.8 Å². The Hall–Kier alpha value is -5.84. The molecule has 0 saturated carbocycles. The largest absolute Gasteiger partial charge is 1.00 e. The van der Waals surface area contributed by atoms with Crippen molar-refractivity contribution >= 4 is 101 Å². The first-order valence-electron chi connectivity index (χ1n) is 46.2. The molecule has 5 aromatic rings. The number of rotatable bonds is 22. The molecule has 0 amide bonds. The van der Waals surface area contributed by atoms with E-state index in [1.54, 1.807) is 52.3 Å². The zero-order valence-corrected chi connectivity index (χ0v) is 94.2. The van der Waals surface area contributed by atoms with E-state index in [0.29, 0.717) is 65.8 Å². The van der Waals surface area contributed by atoms with E-state index in [9.17, 15) is 111 Å². The number of carbonyl (C=O) groups excluding carboxylic acids is 3. The normalized spacial score (nSPS) is 27.4. The predicted molar refractivity (Wildman–Crippen MR) is 544 cm³/mol. The number of halogens is 2. The molecule has 12 heterocycles. The number of fused-ring (bicyclic) bond motifs is 2. The van der Waals surface area contributed by atoms with E-state index in [0.717, 1.165) is 62.9 Å². The Morgan fingerprint density at radius 3 is 0.874 bits per heavy atom. The second kappa shape index (κ2) is 56.3. The van der Waals surface area contributed by atoms with Crippen molar-refractivity contribution in [1.82, 2.24) is 47.8 Å². The quantitative estimate of drug-likeness (QED) is 0.0145. The molecular formula is C90H153Cl2KN10O34S6. The van der Waals surface area contributed by atoms with Gasteiger partial charge in [-0.2, -0.15) is 28.6 Å². The second-order valence-electron chi connectivity index (χ2n) is 35.6. The van der Waals surface area contributed by atoms with Gasteiger partial charge in [0, 0.05) is 143 Å². The molecule has 0 spiro atoms. The van der Waals surface area contributed by atoms with Crippen molar-refractivity contribution < 1.29 is 164 Å². The average molecular weight is 2220 g/mol. The number of nitrogens with one attached hydrogen (secondary N) is 5. The van der Waals surface area contributed by atoms with Crippen LogP contribution in [0.15, 0.2) is 78.9 Å². The number of esters is 2. The number of carbonyl (C=O) groups is 3. The minimum absolute atomic E-state index is 0.